The first kappa shape index (κ1) is 19.8. The molecule has 6 nitrogen and oxygen atoms in total. The lowest BCUT2D eigenvalue weighted by Gasteiger charge is -2.25. The van der Waals surface area contributed by atoms with Crippen LogP contribution in [0.2, 0.25) is 0 Å². The molecule has 1 fully saturated rings. The number of furan rings is 1. The molecule has 4 rings (SSSR count). The van der Waals surface area contributed by atoms with Gasteiger partial charge < -0.3 is 9.15 Å². The quantitative estimate of drug-likeness (QED) is 0.280. The van der Waals surface area contributed by atoms with Gasteiger partial charge in [0.1, 0.15) is 5.75 Å². The zero-order valence-electron chi connectivity index (χ0n) is 16.5. The van der Waals surface area contributed by atoms with Gasteiger partial charge in [-0.2, -0.15) is 0 Å². The fourth-order valence-electron chi connectivity index (χ4n) is 3.79. The lowest BCUT2D eigenvalue weighted by molar-refractivity contribution is 0.101. The van der Waals surface area contributed by atoms with Gasteiger partial charge in [0.25, 0.3) is 0 Å². The van der Waals surface area contributed by atoms with Gasteiger partial charge in [-0.3, -0.25) is 9.36 Å². The maximum atomic E-state index is 11.7. The summed E-state index contributed by atoms with van der Waals surface area (Å²) in [6.45, 7) is 2.04. The smallest absolute Gasteiger partial charge is 0.200 e. The summed E-state index contributed by atoms with van der Waals surface area (Å²) in [5.41, 5.74) is 0.614. The van der Waals surface area contributed by atoms with E-state index in [2.05, 4.69) is 14.8 Å². The summed E-state index contributed by atoms with van der Waals surface area (Å²) in [4.78, 5) is 11.7. The zero-order chi connectivity index (χ0) is 20.1. The van der Waals surface area contributed by atoms with Crippen molar-refractivity contribution in [3.63, 3.8) is 0 Å². The molecule has 0 saturated heterocycles. The van der Waals surface area contributed by atoms with Crippen LogP contribution in [-0.2, 0) is 0 Å². The molecule has 0 aliphatic heterocycles. The second-order valence-corrected chi connectivity index (χ2v) is 8.26. The number of carbonyl (C=O) groups excluding carboxylic acids is 1. The summed E-state index contributed by atoms with van der Waals surface area (Å²) in [5, 5.41) is 9.76. The van der Waals surface area contributed by atoms with Gasteiger partial charge in [0.05, 0.1) is 18.4 Å². The van der Waals surface area contributed by atoms with E-state index in [0.29, 0.717) is 24.0 Å². The average molecular weight is 412 g/mol. The number of aromatic nitrogens is 3. The number of ketones is 1. The van der Waals surface area contributed by atoms with Crippen molar-refractivity contribution in [3.05, 3.63) is 48.2 Å². The van der Waals surface area contributed by atoms with Crippen LogP contribution in [0.4, 0.5) is 0 Å². The molecule has 1 saturated carbocycles. The van der Waals surface area contributed by atoms with E-state index >= 15 is 0 Å². The Labute approximate surface area is 174 Å². The first-order chi connectivity index (χ1) is 14.2. The molecule has 29 heavy (non-hydrogen) atoms. The average Bonchev–Trinajstić information content (AvgIpc) is 3.42. The third-order valence-corrected chi connectivity index (χ3v) is 6.09. The van der Waals surface area contributed by atoms with Gasteiger partial charge in [-0.1, -0.05) is 43.2 Å². The molecule has 0 amide bonds. The first-order valence-corrected chi connectivity index (χ1v) is 11.1. The molecule has 1 aromatic carbocycles. The van der Waals surface area contributed by atoms with E-state index in [1.165, 1.54) is 19.3 Å². The Morgan fingerprint density at radius 2 is 2.00 bits per heavy atom. The van der Waals surface area contributed by atoms with Gasteiger partial charge in [0, 0.05) is 11.8 Å². The number of benzene rings is 1. The number of carbonyl (C=O) groups is 1. The molecule has 2 aromatic heterocycles. The number of thioether (sulfide) groups is 1. The lowest BCUT2D eigenvalue weighted by Crippen LogP contribution is -2.15. The monoisotopic (exact) mass is 411 g/mol. The molecule has 3 aromatic rings. The molecular weight excluding hydrogens is 386 g/mol. The van der Waals surface area contributed by atoms with E-state index in [4.69, 9.17) is 9.15 Å². The number of para-hydroxylation sites is 1. The van der Waals surface area contributed by atoms with Gasteiger partial charge >= 0.3 is 0 Å². The lowest BCUT2D eigenvalue weighted by atomic mass is 9.95. The van der Waals surface area contributed by atoms with Crippen LogP contribution in [0.5, 0.6) is 5.75 Å². The van der Waals surface area contributed by atoms with Gasteiger partial charge in [-0.05, 0) is 44.0 Å². The summed E-state index contributed by atoms with van der Waals surface area (Å²) in [7, 11) is 0. The maximum absolute atomic E-state index is 11.7. The SMILES string of the molecule is CC(=O)c1ccccc1OCCSc1nnc(-c2ccco2)n1C1CCCCC1. The molecule has 0 unspecified atom stereocenters. The highest BCUT2D eigenvalue weighted by Gasteiger charge is 2.24. The highest BCUT2D eigenvalue weighted by molar-refractivity contribution is 7.99. The fourth-order valence-corrected chi connectivity index (χ4v) is 4.61. The molecule has 2 heterocycles. The fraction of sp³-hybridized carbons (Fsp3) is 0.409. The molecule has 7 heteroatoms. The molecule has 0 atom stereocenters. The summed E-state index contributed by atoms with van der Waals surface area (Å²) >= 11 is 1.63. The predicted octanol–water partition coefficient (Wildman–Crippen LogP) is 5.42. The van der Waals surface area contributed by atoms with E-state index < -0.39 is 0 Å². The highest BCUT2D eigenvalue weighted by atomic mass is 32.2. The number of rotatable bonds is 8. The van der Waals surface area contributed by atoms with Gasteiger partial charge in [-0.15, -0.1) is 10.2 Å². The van der Waals surface area contributed by atoms with Crippen molar-refractivity contribution in [3.8, 4) is 17.3 Å². The summed E-state index contributed by atoms with van der Waals surface area (Å²) in [6, 6.07) is 11.6. The minimum Gasteiger partial charge on any atom is -0.492 e. The third kappa shape index (κ3) is 4.56. The molecule has 152 valence electrons. The number of ether oxygens (including phenoxy) is 1. The Bertz CT molecular complexity index is 946. The molecule has 1 aliphatic carbocycles. The summed E-state index contributed by atoms with van der Waals surface area (Å²) in [6.07, 6.45) is 7.71. The third-order valence-electron chi connectivity index (χ3n) is 5.18. The van der Waals surface area contributed by atoms with E-state index in [1.54, 1.807) is 31.0 Å². The minimum absolute atomic E-state index is 0.00776. The predicted molar refractivity (Wildman–Crippen MR) is 113 cm³/mol. The Kier molecular flexibility index (Phi) is 6.34. The van der Waals surface area contributed by atoms with E-state index in [9.17, 15) is 4.79 Å². The van der Waals surface area contributed by atoms with Crippen molar-refractivity contribution in [1.82, 2.24) is 14.8 Å². The Morgan fingerprint density at radius 1 is 1.17 bits per heavy atom. The minimum atomic E-state index is 0.00776. The van der Waals surface area contributed by atoms with Gasteiger partial charge in [-0.25, -0.2) is 0 Å². The van der Waals surface area contributed by atoms with Crippen molar-refractivity contribution in [2.75, 3.05) is 12.4 Å². The van der Waals surface area contributed by atoms with Crippen LogP contribution in [0.15, 0.2) is 52.2 Å². The van der Waals surface area contributed by atoms with Crippen LogP contribution in [0.25, 0.3) is 11.6 Å². The van der Waals surface area contributed by atoms with Crippen LogP contribution in [-0.4, -0.2) is 32.9 Å². The Balaban J connectivity index is 1.45. The second-order valence-electron chi connectivity index (χ2n) is 7.19. The van der Waals surface area contributed by atoms with E-state index in [-0.39, 0.29) is 5.78 Å². The molecule has 0 spiro atoms. The molecule has 1 aliphatic rings. The number of nitrogens with zero attached hydrogens (tertiary/aromatic N) is 3. The van der Waals surface area contributed by atoms with Crippen LogP contribution in [0, 0.1) is 0 Å². The number of hydrogen-bond donors (Lipinski definition) is 0. The van der Waals surface area contributed by atoms with Crippen LogP contribution in [0.3, 0.4) is 0 Å². The molecule has 0 radical (unpaired) electrons. The van der Waals surface area contributed by atoms with Gasteiger partial charge in [0.2, 0.25) is 5.82 Å². The second kappa shape index (κ2) is 9.31. The standard InChI is InChI=1S/C22H25N3O3S/c1-16(26)18-10-5-6-11-19(18)28-14-15-29-22-24-23-21(20-12-7-13-27-20)25(22)17-8-3-2-4-9-17/h5-7,10-13,17H,2-4,8-9,14-15H2,1H3. The molecular formula is C22H25N3O3S. The van der Waals surface area contributed by atoms with Crippen LogP contribution in [0.1, 0.15) is 55.4 Å². The largest absolute Gasteiger partial charge is 0.492 e. The van der Waals surface area contributed by atoms with Crippen molar-refractivity contribution in [2.24, 2.45) is 0 Å². The zero-order valence-corrected chi connectivity index (χ0v) is 17.4. The Morgan fingerprint density at radius 3 is 2.76 bits per heavy atom. The maximum Gasteiger partial charge on any atom is 0.200 e. The van der Waals surface area contributed by atoms with Crippen molar-refractivity contribution >= 4 is 17.5 Å². The van der Waals surface area contributed by atoms with Crippen LogP contribution >= 0.6 is 11.8 Å². The number of hydrogen-bond acceptors (Lipinski definition) is 6. The van der Waals surface area contributed by atoms with E-state index in [1.807, 2.05) is 30.3 Å². The Hall–Kier alpha value is -2.54. The first-order valence-electron chi connectivity index (χ1n) is 10.1. The van der Waals surface area contributed by atoms with Crippen molar-refractivity contribution in [2.45, 2.75) is 50.2 Å². The van der Waals surface area contributed by atoms with Gasteiger partial charge in [0.15, 0.2) is 16.7 Å². The van der Waals surface area contributed by atoms with E-state index in [0.717, 1.165) is 35.3 Å². The normalized spacial score (nSPS) is 14.8. The highest BCUT2D eigenvalue weighted by Crippen LogP contribution is 2.35. The summed E-state index contributed by atoms with van der Waals surface area (Å²) in [5.74, 6) is 2.91. The summed E-state index contributed by atoms with van der Waals surface area (Å²) < 4.78 is 13.7. The number of Topliss-reactive ketones (excluding diaryl/α,β-unsaturated/α-hetero) is 1. The topological polar surface area (TPSA) is 70.2 Å². The van der Waals surface area contributed by atoms with Crippen LogP contribution < -0.4 is 4.74 Å². The van der Waals surface area contributed by atoms with Crippen molar-refractivity contribution < 1.29 is 13.9 Å². The molecule has 0 N–H and O–H groups in total. The van der Waals surface area contributed by atoms with Crippen molar-refractivity contribution in [1.29, 1.82) is 0 Å². The molecule has 0 bridgehead atoms.